The molecule has 1 aliphatic heterocycles. The highest BCUT2D eigenvalue weighted by Crippen LogP contribution is 2.31. The van der Waals surface area contributed by atoms with E-state index in [0.717, 1.165) is 24.7 Å². The molecular formula is C18H20FNO3S. The number of anilines is 1. The van der Waals surface area contributed by atoms with Crippen molar-refractivity contribution in [2.24, 2.45) is 0 Å². The van der Waals surface area contributed by atoms with E-state index in [2.05, 4.69) is 0 Å². The van der Waals surface area contributed by atoms with Gasteiger partial charge in [0.15, 0.2) is 9.84 Å². The third kappa shape index (κ3) is 3.44. The van der Waals surface area contributed by atoms with Crippen LogP contribution in [-0.2, 0) is 16.3 Å². The Hall–Kier alpha value is -1.92. The van der Waals surface area contributed by atoms with Crippen molar-refractivity contribution in [2.75, 3.05) is 24.2 Å². The maximum absolute atomic E-state index is 14.2. The molecule has 6 heteroatoms. The van der Waals surface area contributed by atoms with Gasteiger partial charge in [0.25, 0.3) is 0 Å². The summed E-state index contributed by atoms with van der Waals surface area (Å²) in [6.07, 6.45) is 2.08. The minimum atomic E-state index is -3.26. The Bertz CT molecular complexity index is 834. The molecule has 2 aromatic carbocycles. The predicted octanol–water partition coefficient (Wildman–Crippen LogP) is 2.72. The Morgan fingerprint density at radius 2 is 1.92 bits per heavy atom. The lowest BCUT2D eigenvalue weighted by Crippen LogP contribution is -2.34. The molecule has 24 heavy (non-hydrogen) atoms. The number of aliphatic hydroxyl groups excluding tert-OH is 1. The lowest BCUT2D eigenvalue weighted by Gasteiger charge is -2.33. The summed E-state index contributed by atoms with van der Waals surface area (Å²) in [5.74, 6) is -0.271. The van der Waals surface area contributed by atoms with Gasteiger partial charge in [0.05, 0.1) is 16.7 Å². The van der Waals surface area contributed by atoms with E-state index in [1.807, 2.05) is 11.0 Å². The molecule has 128 valence electrons. The molecule has 0 fully saturated rings. The minimum Gasteiger partial charge on any atom is -0.387 e. The first-order chi connectivity index (χ1) is 11.4. The van der Waals surface area contributed by atoms with Gasteiger partial charge in [-0.25, -0.2) is 12.8 Å². The van der Waals surface area contributed by atoms with Crippen molar-refractivity contribution in [1.82, 2.24) is 0 Å². The number of hydrogen-bond acceptors (Lipinski definition) is 4. The van der Waals surface area contributed by atoms with Crippen LogP contribution in [0.4, 0.5) is 10.1 Å². The highest BCUT2D eigenvalue weighted by molar-refractivity contribution is 7.90. The Labute approximate surface area is 141 Å². The summed E-state index contributed by atoms with van der Waals surface area (Å²) in [6.45, 7) is 0.957. The number of sulfone groups is 1. The first-order valence-electron chi connectivity index (χ1n) is 7.86. The number of nitrogens with zero attached hydrogens (tertiary/aromatic N) is 1. The third-order valence-corrected chi connectivity index (χ3v) is 5.48. The quantitative estimate of drug-likeness (QED) is 0.922. The average molecular weight is 349 g/mol. The minimum absolute atomic E-state index is 0.216. The number of β-amino-alcohol motifs (C(OH)–C–C–N with tert-alkyl or cyclic N) is 1. The molecule has 1 N–H and O–H groups in total. The number of aliphatic hydroxyl groups is 1. The van der Waals surface area contributed by atoms with Gasteiger partial charge in [0.1, 0.15) is 5.82 Å². The molecule has 1 heterocycles. The van der Waals surface area contributed by atoms with Crippen molar-refractivity contribution < 1.29 is 17.9 Å². The van der Waals surface area contributed by atoms with Gasteiger partial charge in [-0.05, 0) is 42.2 Å². The number of benzene rings is 2. The second-order valence-electron chi connectivity index (χ2n) is 6.15. The molecule has 0 bridgehead atoms. The van der Waals surface area contributed by atoms with Crippen LogP contribution in [0.15, 0.2) is 47.4 Å². The molecule has 1 unspecified atom stereocenters. The first-order valence-corrected chi connectivity index (χ1v) is 9.76. The molecule has 2 aromatic rings. The maximum atomic E-state index is 14.2. The lowest BCUT2D eigenvalue weighted by atomic mass is 10.00. The van der Waals surface area contributed by atoms with Crippen LogP contribution in [0.5, 0.6) is 0 Å². The number of fused-ring (bicyclic) bond motifs is 1. The lowest BCUT2D eigenvalue weighted by molar-refractivity contribution is 0.182. The summed E-state index contributed by atoms with van der Waals surface area (Å²) in [4.78, 5) is 2.08. The van der Waals surface area contributed by atoms with E-state index in [1.165, 1.54) is 18.2 Å². The van der Waals surface area contributed by atoms with E-state index >= 15 is 0 Å². The standard InChI is InChI=1S/C18H20FNO3S/c1-24(22,23)15-9-7-13(8-10-15)17(21)12-20-11-3-5-14-4-2-6-16(19)18(14)20/h2,4,6-10,17,21H,3,5,11-12H2,1H3. The van der Waals surface area contributed by atoms with Crippen molar-refractivity contribution in [2.45, 2.75) is 23.8 Å². The molecule has 1 atom stereocenters. The fourth-order valence-corrected chi connectivity index (χ4v) is 3.75. The van der Waals surface area contributed by atoms with Gasteiger partial charge in [-0.2, -0.15) is 0 Å². The van der Waals surface area contributed by atoms with Crippen molar-refractivity contribution in [3.8, 4) is 0 Å². The summed E-state index contributed by atoms with van der Waals surface area (Å²) in [5.41, 5.74) is 2.14. The van der Waals surface area contributed by atoms with Crippen LogP contribution < -0.4 is 4.90 Å². The Kier molecular flexibility index (Phi) is 4.60. The SMILES string of the molecule is CS(=O)(=O)c1ccc(C(O)CN2CCCc3cccc(F)c32)cc1. The van der Waals surface area contributed by atoms with Crippen molar-refractivity contribution in [3.05, 3.63) is 59.4 Å². The van der Waals surface area contributed by atoms with Crippen LogP contribution in [0.2, 0.25) is 0 Å². The molecule has 4 nitrogen and oxygen atoms in total. The fraction of sp³-hybridized carbons (Fsp3) is 0.333. The number of aryl methyl sites for hydroxylation is 1. The summed E-state index contributed by atoms with van der Waals surface area (Å²) in [6, 6.07) is 11.2. The van der Waals surface area contributed by atoms with Gasteiger partial charge in [-0.15, -0.1) is 0 Å². The molecule has 0 saturated carbocycles. The summed E-state index contributed by atoms with van der Waals surface area (Å²) >= 11 is 0. The zero-order chi connectivity index (χ0) is 17.3. The topological polar surface area (TPSA) is 57.6 Å². The predicted molar refractivity (Wildman–Crippen MR) is 91.4 cm³/mol. The third-order valence-electron chi connectivity index (χ3n) is 4.35. The van der Waals surface area contributed by atoms with E-state index < -0.39 is 15.9 Å². The van der Waals surface area contributed by atoms with E-state index in [0.29, 0.717) is 17.8 Å². The second kappa shape index (κ2) is 6.53. The van der Waals surface area contributed by atoms with E-state index in [9.17, 15) is 17.9 Å². The number of hydrogen-bond donors (Lipinski definition) is 1. The molecule has 0 aliphatic carbocycles. The largest absolute Gasteiger partial charge is 0.387 e. The number of rotatable bonds is 4. The van der Waals surface area contributed by atoms with Gasteiger partial charge in [0.2, 0.25) is 0 Å². The van der Waals surface area contributed by atoms with E-state index in [1.54, 1.807) is 18.2 Å². The molecule has 0 aromatic heterocycles. The molecular weight excluding hydrogens is 329 g/mol. The maximum Gasteiger partial charge on any atom is 0.175 e. The summed E-state index contributed by atoms with van der Waals surface area (Å²) in [5, 5.41) is 10.5. The van der Waals surface area contributed by atoms with Crippen molar-refractivity contribution in [1.29, 1.82) is 0 Å². The van der Waals surface area contributed by atoms with Crippen LogP contribution in [-0.4, -0.2) is 32.9 Å². The van der Waals surface area contributed by atoms with E-state index in [-0.39, 0.29) is 17.3 Å². The zero-order valence-electron chi connectivity index (χ0n) is 13.4. The molecule has 0 saturated heterocycles. The summed E-state index contributed by atoms with van der Waals surface area (Å²) in [7, 11) is -3.26. The summed E-state index contributed by atoms with van der Waals surface area (Å²) < 4.78 is 37.2. The normalized spacial score (nSPS) is 15.9. The second-order valence-corrected chi connectivity index (χ2v) is 8.17. The van der Waals surface area contributed by atoms with E-state index in [4.69, 9.17) is 0 Å². The Morgan fingerprint density at radius 1 is 1.21 bits per heavy atom. The van der Waals surface area contributed by atoms with Crippen LogP contribution >= 0.6 is 0 Å². The van der Waals surface area contributed by atoms with Crippen LogP contribution in [0.3, 0.4) is 0 Å². The highest BCUT2D eigenvalue weighted by Gasteiger charge is 2.23. The fourth-order valence-electron chi connectivity index (χ4n) is 3.12. The van der Waals surface area contributed by atoms with Crippen LogP contribution in [0.1, 0.15) is 23.7 Å². The smallest absolute Gasteiger partial charge is 0.175 e. The molecule has 1 aliphatic rings. The Balaban J connectivity index is 1.80. The Morgan fingerprint density at radius 3 is 2.58 bits per heavy atom. The van der Waals surface area contributed by atoms with Crippen LogP contribution in [0, 0.1) is 5.82 Å². The first kappa shape index (κ1) is 16.9. The van der Waals surface area contributed by atoms with Gasteiger partial charge in [-0.1, -0.05) is 24.3 Å². The molecule has 0 spiro atoms. The molecule has 3 rings (SSSR count). The average Bonchev–Trinajstić information content (AvgIpc) is 2.54. The number of halogens is 1. The molecule has 0 amide bonds. The highest BCUT2D eigenvalue weighted by atomic mass is 32.2. The van der Waals surface area contributed by atoms with Gasteiger partial charge < -0.3 is 10.0 Å². The number of para-hydroxylation sites is 1. The van der Waals surface area contributed by atoms with Gasteiger partial charge in [-0.3, -0.25) is 0 Å². The molecule has 0 radical (unpaired) electrons. The van der Waals surface area contributed by atoms with Crippen molar-refractivity contribution in [3.63, 3.8) is 0 Å². The van der Waals surface area contributed by atoms with Crippen molar-refractivity contribution >= 4 is 15.5 Å². The van der Waals surface area contributed by atoms with Gasteiger partial charge in [0, 0.05) is 19.3 Å². The zero-order valence-corrected chi connectivity index (χ0v) is 14.3. The van der Waals surface area contributed by atoms with Crippen LogP contribution in [0.25, 0.3) is 0 Å². The van der Waals surface area contributed by atoms with Gasteiger partial charge >= 0.3 is 0 Å². The monoisotopic (exact) mass is 349 g/mol.